The van der Waals surface area contributed by atoms with Crippen molar-refractivity contribution in [2.24, 2.45) is 0 Å². The SMILES string of the molecule is CC(C)P(Nc1nc(NP(C(C)C)C(C)C)nc(-c2ccccc2)n1)C(C)C. The minimum atomic E-state index is -0.419. The van der Waals surface area contributed by atoms with E-state index in [1.165, 1.54) is 0 Å². The van der Waals surface area contributed by atoms with Gasteiger partial charge in [0.2, 0.25) is 11.9 Å². The van der Waals surface area contributed by atoms with Crippen molar-refractivity contribution >= 4 is 28.0 Å². The predicted molar refractivity (Wildman–Crippen MR) is 127 cm³/mol. The molecule has 0 atom stereocenters. The van der Waals surface area contributed by atoms with Gasteiger partial charge in [-0.05, 0) is 38.8 Å². The third-order valence-corrected chi connectivity index (χ3v) is 9.72. The normalized spacial score (nSPS) is 12.1. The average Bonchev–Trinajstić information content (AvgIpc) is 2.63. The van der Waals surface area contributed by atoms with Gasteiger partial charge in [-0.1, -0.05) is 85.7 Å². The Hall–Kier alpha value is -1.31. The van der Waals surface area contributed by atoms with E-state index in [-0.39, 0.29) is 0 Å². The summed E-state index contributed by atoms with van der Waals surface area (Å²) >= 11 is 0. The van der Waals surface area contributed by atoms with E-state index >= 15 is 0 Å². The molecule has 0 saturated heterocycles. The molecule has 7 heteroatoms. The zero-order valence-corrected chi connectivity index (χ0v) is 20.2. The fourth-order valence-corrected chi connectivity index (χ4v) is 7.21. The Morgan fingerprint density at radius 2 is 1.00 bits per heavy atom. The van der Waals surface area contributed by atoms with E-state index in [0.29, 0.717) is 40.4 Å². The predicted octanol–water partition coefficient (Wildman–Crippen LogP) is 6.79. The topological polar surface area (TPSA) is 62.7 Å². The molecule has 28 heavy (non-hydrogen) atoms. The van der Waals surface area contributed by atoms with E-state index in [0.717, 1.165) is 5.56 Å². The van der Waals surface area contributed by atoms with Crippen molar-refractivity contribution in [3.05, 3.63) is 30.3 Å². The van der Waals surface area contributed by atoms with Crippen LogP contribution in [-0.4, -0.2) is 37.6 Å². The Labute approximate surface area is 173 Å². The van der Waals surface area contributed by atoms with E-state index in [4.69, 9.17) is 15.0 Å². The number of benzene rings is 1. The molecular weight excluding hydrogens is 384 g/mol. The molecule has 2 N–H and O–H groups in total. The maximum absolute atomic E-state index is 4.76. The van der Waals surface area contributed by atoms with Gasteiger partial charge in [0.25, 0.3) is 0 Å². The summed E-state index contributed by atoms with van der Waals surface area (Å²) in [6, 6.07) is 10.1. The largest absolute Gasteiger partial charge is 0.333 e. The van der Waals surface area contributed by atoms with Crippen LogP contribution in [0.2, 0.25) is 0 Å². The Kier molecular flexibility index (Phi) is 8.58. The summed E-state index contributed by atoms with van der Waals surface area (Å²) in [4.78, 5) is 14.3. The van der Waals surface area contributed by atoms with Crippen LogP contribution in [0.1, 0.15) is 55.4 Å². The van der Waals surface area contributed by atoms with Crippen molar-refractivity contribution in [2.75, 3.05) is 10.2 Å². The lowest BCUT2D eigenvalue weighted by molar-refractivity contribution is 0.996. The van der Waals surface area contributed by atoms with Crippen LogP contribution < -0.4 is 10.2 Å². The molecule has 0 bridgehead atoms. The van der Waals surface area contributed by atoms with Gasteiger partial charge in [-0.3, -0.25) is 0 Å². The molecule has 1 aromatic heterocycles. The lowest BCUT2D eigenvalue weighted by Crippen LogP contribution is -2.15. The van der Waals surface area contributed by atoms with Gasteiger partial charge < -0.3 is 10.2 Å². The van der Waals surface area contributed by atoms with Crippen LogP contribution in [-0.2, 0) is 0 Å². The molecule has 0 aliphatic carbocycles. The molecule has 5 nitrogen and oxygen atoms in total. The van der Waals surface area contributed by atoms with Gasteiger partial charge in [0, 0.05) is 5.56 Å². The fraction of sp³-hybridized carbons (Fsp3) is 0.571. The third kappa shape index (κ3) is 6.36. The fourth-order valence-electron chi connectivity index (χ4n) is 3.13. The maximum atomic E-state index is 4.76. The molecule has 0 saturated carbocycles. The molecule has 0 amide bonds. The number of nitrogens with zero attached hydrogens (tertiary/aromatic N) is 3. The summed E-state index contributed by atoms with van der Waals surface area (Å²) in [6.07, 6.45) is 0. The first-order valence-corrected chi connectivity index (χ1v) is 13.1. The summed E-state index contributed by atoms with van der Waals surface area (Å²) in [7, 11) is -0.838. The van der Waals surface area contributed by atoms with Gasteiger partial charge in [0.1, 0.15) is 0 Å². The van der Waals surface area contributed by atoms with Crippen LogP contribution in [0.5, 0.6) is 0 Å². The molecule has 0 radical (unpaired) electrons. The van der Waals surface area contributed by atoms with Crippen molar-refractivity contribution in [2.45, 2.75) is 78.0 Å². The second-order valence-corrected chi connectivity index (χ2v) is 14.3. The second-order valence-electron chi connectivity index (χ2n) is 8.09. The van der Waals surface area contributed by atoms with Crippen LogP contribution >= 0.6 is 16.1 Å². The molecule has 1 heterocycles. The van der Waals surface area contributed by atoms with Crippen LogP contribution in [0, 0.1) is 0 Å². The Morgan fingerprint density at radius 3 is 1.36 bits per heavy atom. The molecule has 0 fully saturated rings. The smallest absolute Gasteiger partial charge is 0.231 e. The highest BCUT2D eigenvalue weighted by Gasteiger charge is 2.22. The van der Waals surface area contributed by atoms with Crippen molar-refractivity contribution in [3.63, 3.8) is 0 Å². The van der Waals surface area contributed by atoms with Crippen LogP contribution in [0.15, 0.2) is 30.3 Å². The Morgan fingerprint density at radius 1 is 0.607 bits per heavy atom. The van der Waals surface area contributed by atoms with E-state index in [9.17, 15) is 0 Å². The van der Waals surface area contributed by atoms with Gasteiger partial charge in [-0.15, -0.1) is 0 Å². The van der Waals surface area contributed by atoms with Gasteiger partial charge in [0.15, 0.2) is 5.82 Å². The highest BCUT2D eigenvalue weighted by Crippen LogP contribution is 2.47. The van der Waals surface area contributed by atoms with Crippen molar-refractivity contribution in [3.8, 4) is 11.4 Å². The molecule has 2 rings (SSSR count). The number of anilines is 2. The summed E-state index contributed by atoms with van der Waals surface area (Å²) in [5, 5.41) is 7.26. The zero-order chi connectivity index (χ0) is 20.8. The van der Waals surface area contributed by atoms with Crippen LogP contribution in [0.4, 0.5) is 11.9 Å². The first kappa shape index (κ1) is 23.0. The third-order valence-electron chi connectivity index (χ3n) is 4.35. The number of hydrogen-bond acceptors (Lipinski definition) is 5. The quantitative estimate of drug-likeness (QED) is 0.438. The van der Waals surface area contributed by atoms with E-state index in [1.54, 1.807) is 0 Å². The minimum Gasteiger partial charge on any atom is -0.333 e. The minimum absolute atomic E-state index is 0.419. The summed E-state index contributed by atoms with van der Waals surface area (Å²) in [5.74, 6) is 2.06. The lowest BCUT2D eigenvalue weighted by atomic mass is 10.2. The Bertz CT molecular complexity index is 679. The summed E-state index contributed by atoms with van der Waals surface area (Å²) in [6.45, 7) is 18.1. The molecule has 1 aromatic carbocycles. The Balaban J connectivity index is 2.44. The number of hydrogen-bond donors (Lipinski definition) is 2. The summed E-state index contributed by atoms with van der Waals surface area (Å²) < 4.78 is 0. The molecular formula is C21H35N5P2. The first-order chi connectivity index (χ1) is 13.2. The number of aromatic nitrogens is 3. The molecule has 154 valence electrons. The van der Waals surface area contributed by atoms with Crippen LogP contribution in [0.25, 0.3) is 11.4 Å². The monoisotopic (exact) mass is 419 g/mol. The zero-order valence-electron chi connectivity index (χ0n) is 18.4. The van der Waals surface area contributed by atoms with Crippen molar-refractivity contribution in [1.29, 1.82) is 0 Å². The molecule has 0 aliphatic heterocycles. The molecule has 0 spiro atoms. The van der Waals surface area contributed by atoms with Gasteiger partial charge >= 0.3 is 0 Å². The average molecular weight is 419 g/mol. The van der Waals surface area contributed by atoms with Crippen molar-refractivity contribution in [1.82, 2.24) is 15.0 Å². The lowest BCUT2D eigenvalue weighted by Gasteiger charge is -2.28. The van der Waals surface area contributed by atoms with Crippen LogP contribution in [0.3, 0.4) is 0 Å². The van der Waals surface area contributed by atoms with E-state index in [1.807, 2.05) is 30.3 Å². The van der Waals surface area contributed by atoms with Crippen molar-refractivity contribution < 1.29 is 0 Å². The molecule has 0 aliphatic rings. The number of nitrogens with one attached hydrogen (secondary N) is 2. The molecule has 2 aromatic rings. The van der Waals surface area contributed by atoms with Gasteiger partial charge in [0.05, 0.1) is 0 Å². The number of rotatable bonds is 9. The molecule has 0 unspecified atom stereocenters. The van der Waals surface area contributed by atoms with Gasteiger partial charge in [-0.25, -0.2) is 0 Å². The van der Waals surface area contributed by atoms with E-state index < -0.39 is 16.1 Å². The van der Waals surface area contributed by atoms with Gasteiger partial charge in [-0.2, -0.15) is 15.0 Å². The maximum Gasteiger partial charge on any atom is 0.231 e. The second kappa shape index (κ2) is 10.5. The first-order valence-electron chi connectivity index (χ1n) is 10.1. The standard InChI is InChI=1S/C21H35N5P2/c1-14(2)27(15(3)4)25-20-22-19(18-12-10-9-11-13-18)23-21(24-20)26-28(16(5)6)17(7)8/h9-17H,1-8H3,(H2,22,23,24,25,26). The summed E-state index contributed by atoms with van der Waals surface area (Å²) in [5.41, 5.74) is 3.20. The van der Waals surface area contributed by atoms with E-state index in [2.05, 4.69) is 65.6 Å². The highest BCUT2D eigenvalue weighted by molar-refractivity contribution is 7.60. The highest BCUT2D eigenvalue weighted by atomic mass is 31.1.